The van der Waals surface area contributed by atoms with Crippen molar-refractivity contribution in [3.63, 3.8) is 0 Å². The average Bonchev–Trinajstić information content (AvgIpc) is 3.16. The van der Waals surface area contributed by atoms with Crippen molar-refractivity contribution >= 4 is 11.6 Å². The smallest absolute Gasteiger partial charge is 0.262 e. The first-order valence-electron chi connectivity index (χ1n) is 7.11. The molecule has 0 aliphatic heterocycles. The van der Waals surface area contributed by atoms with Crippen LogP contribution in [0, 0.1) is 0 Å². The van der Waals surface area contributed by atoms with Gasteiger partial charge in [0.25, 0.3) is 5.91 Å². The quantitative estimate of drug-likeness (QED) is 0.741. The Bertz CT molecular complexity index is 786. The lowest BCUT2D eigenvalue weighted by Crippen LogP contribution is -2.20. The highest BCUT2D eigenvalue weighted by atomic mass is 16.5. The summed E-state index contributed by atoms with van der Waals surface area (Å²) in [6.45, 7) is -0.115. The second-order valence-corrected chi connectivity index (χ2v) is 4.75. The summed E-state index contributed by atoms with van der Waals surface area (Å²) in [4.78, 5) is 24.1. The SMILES string of the molecule is COc1ccc(OCC(=O)Nc2cnc(-n3ccnc3)nc2)cc1. The second-order valence-electron chi connectivity index (χ2n) is 4.75. The molecular formula is C16H15N5O3. The third kappa shape index (κ3) is 3.86. The Labute approximate surface area is 138 Å². The van der Waals surface area contributed by atoms with Crippen LogP contribution in [-0.4, -0.2) is 39.1 Å². The van der Waals surface area contributed by atoms with Crippen molar-refractivity contribution < 1.29 is 14.3 Å². The van der Waals surface area contributed by atoms with Crippen molar-refractivity contribution in [1.82, 2.24) is 19.5 Å². The lowest BCUT2D eigenvalue weighted by molar-refractivity contribution is -0.118. The van der Waals surface area contributed by atoms with Crippen LogP contribution >= 0.6 is 0 Å². The molecule has 0 fully saturated rings. The Morgan fingerprint density at radius 1 is 1.17 bits per heavy atom. The van der Waals surface area contributed by atoms with Gasteiger partial charge in [-0.2, -0.15) is 0 Å². The van der Waals surface area contributed by atoms with Gasteiger partial charge in [0.15, 0.2) is 6.61 Å². The fourth-order valence-electron chi connectivity index (χ4n) is 1.91. The standard InChI is InChI=1S/C16H15N5O3/c1-23-13-2-4-14(5-3-13)24-10-15(22)20-12-8-18-16(19-9-12)21-7-6-17-11-21/h2-9,11H,10H2,1H3,(H,20,22). The summed E-state index contributed by atoms with van der Waals surface area (Å²) in [5.41, 5.74) is 0.488. The van der Waals surface area contributed by atoms with E-state index in [1.54, 1.807) is 54.7 Å². The zero-order valence-electron chi connectivity index (χ0n) is 12.9. The number of carbonyl (C=O) groups is 1. The van der Waals surface area contributed by atoms with Gasteiger partial charge in [-0.3, -0.25) is 9.36 Å². The first kappa shape index (κ1) is 15.5. The molecule has 0 atom stereocenters. The fourth-order valence-corrected chi connectivity index (χ4v) is 1.91. The van der Waals surface area contributed by atoms with Gasteiger partial charge in [0.1, 0.15) is 17.8 Å². The highest BCUT2D eigenvalue weighted by Crippen LogP contribution is 2.17. The van der Waals surface area contributed by atoms with Crippen LogP contribution in [0.5, 0.6) is 11.5 Å². The summed E-state index contributed by atoms with van der Waals surface area (Å²) in [5.74, 6) is 1.48. The monoisotopic (exact) mass is 325 g/mol. The first-order valence-corrected chi connectivity index (χ1v) is 7.11. The number of rotatable bonds is 6. The lowest BCUT2D eigenvalue weighted by atomic mass is 10.3. The van der Waals surface area contributed by atoms with E-state index < -0.39 is 0 Å². The first-order chi connectivity index (χ1) is 11.7. The Balaban J connectivity index is 1.52. The van der Waals surface area contributed by atoms with Gasteiger partial charge < -0.3 is 14.8 Å². The van der Waals surface area contributed by atoms with E-state index in [0.717, 1.165) is 5.75 Å². The van der Waals surface area contributed by atoms with E-state index in [1.807, 2.05) is 0 Å². The highest BCUT2D eigenvalue weighted by molar-refractivity contribution is 5.91. The van der Waals surface area contributed by atoms with Crippen LogP contribution in [0.3, 0.4) is 0 Å². The molecule has 0 aliphatic carbocycles. The molecule has 1 amide bonds. The number of nitrogens with zero attached hydrogens (tertiary/aromatic N) is 4. The van der Waals surface area contributed by atoms with Crippen molar-refractivity contribution in [1.29, 1.82) is 0 Å². The molecular weight excluding hydrogens is 310 g/mol. The van der Waals surface area contributed by atoms with Gasteiger partial charge in [-0.05, 0) is 24.3 Å². The number of hydrogen-bond acceptors (Lipinski definition) is 6. The third-order valence-electron chi connectivity index (χ3n) is 3.09. The minimum atomic E-state index is -0.301. The molecule has 8 heteroatoms. The molecule has 122 valence electrons. The number of hydrogen-bond donors (Lipinski definition) is 1. The normalized spacial score (nSPS) is 10.2. The third-order valence-corrected chi connectivity index (χ3v) is 3.09. The van der Waals surface area contributed by atoms with Crippen molar-refractivity contribution in [2.24, 2.45) is 0 Å². The molecule has 24 heavy (non-hydrogen) atoms. The molecule has 2 aromatic heterocycles. The van der Waals surface area contributed by atoms with Crippen LogP contribution in [0.25, 0.3) is 5.95 Å². The number of ether oxygens (including phenoxy) is 2. The van der Waals surface area contributed by atoms with Crippen LogP contribution in [0.2, 0.25) is 0 Å². The number of amides is 1. The van der Waals surface area contributed by atoms with Crippen molar-refractivity contribution in [2.45, 2.75) is 0 Å². The molecule has 8 nitrogen and oxygen atoms in total. The molecule has 0 radical (unpaired) electrons. The minimum absolute atomic E-state index is 0.115. The highest BCUT2D eigenvalue weighted by Gasteiger charge is 2.06. The minimum Gasteiger partial charge on any atom is -0.497 e. The van der Waals surface area contributed by atoms with E-state index in [-0.39, 0.29) is 12.5 Å². The summed E-state index contributed by atoms with van der Waals surface area (Å²) < 4.78 is 12.1. The van der Waals surface area contributed by atoms with Crippen LogP contribution in [0.15, 0.2) is 55.4 Å². The van der Waals surface area contributed by atoms with Gasteiger partial charge in [0.05, 0.1) is 25.2 Å². The van der Waals surface area contributed by atoms with Crippen LogP contribution in [0.4, 0.5) is 5.69 Å². The summed E-state index contributed by atoms with van der Waals surface area (Å²) in [7, 11) is 1.59. The van der Waals surface area contributed by atoms with E-state index in [9.17, 15) is 4.79 Å². The number of imidazole rings is 1. The maximum Gasteiger partial charge on any atom is 0.262 e. The average molecular weight is 325 g/mol. The Hall–Kier alpha value is -3.42. The largest absolute Gasteiger partial charge is 0.497 e. The molecule has 3 aromatic rings. The summed E-state index contributed by atoms with van der Waals surface area (Å²) in [6, 6.07) is 6.98. The Morgan fingerprint density at radius 2 is 1.88 bits per heavy atom. The molecule has 0 unspecified atom stereocenters. The lowest BCUT2D eigenvalue weighted by Gasteiger charge is -2.08. The molecule has 2 heterocycles. The van der Waals surface area contributed by atoms with E-state index >= 15 is 0 Å². The van der Waals surface area contributed by atoms with E-state index in [0.29, 0.717) is 17.4 Å². The Morgan fingerprint density at radius 3 is 2.50 bits per heavy atom. The zero-order chi connectivity index (χ0) is 16.8. The van der Waals surface area contributed by atoms with Crippen molar-refractivity contribution in [3.8, 4) is 17.4 Å². The summed E-state index contributed by atoms with van der Waals surface area (Å²) in [6.07, 6.45) is 8.00. The topological polar surface area (TPSA) is 91.2 Å². The molecule has 3 rings (SSSR count). The maximum atomic E-state index is 11.9. The van der Waals surface area contributed by atoms with Crippen LogP contribution in [-0.2, 0) is 4.79 Å². The maximum absolute atomic E-state index is 11.9. The van der Waals surface area contributed by atoms with Crippen molar-refractivity contribution in [3.05, 3.63) is 55.4 Å². The summed E-state index contributed by atoms with van der Waals surface area (Å²) in [5, 5.41) is 2.67. The predicted molar refractivity (Wildman–Crippen MR) is 86.3 cm³/mol. The number of methoxy groups -OCH3 is 1. The molecule has 1 N–H and O–H groups in total. The van der Waals surface area contributed by atoms with Gasteiger partial charge >= 0.3 is 0 Å². The van der Waals surface area contributed by atoms with E-state index in [2.05, 4.69) is 20.3 Å². The molecule has 0 aliphatic rings. The van der Waals surface area contributed by atoms with Crippen LogP contribution < -0.4 is 14.8 Å². The fraction of sp³-hybridized carbons (Fsp3) is 0.125. The summed E-state index contributed by atoms with van der Waals surface area (Å²) >= 11 is 0. The number of anilines is 1. The van der Waals surface area contributed by atoms with Gasteiger partial charge in [0.2, 0.25) is 5.95 Å². The van der Waals surface area contributed by atoms with E-state index in [1.165, 1.54) is 12.4 Å². The number of aromatic nitrogens is 4. The zero-order valence-corrected chi connectivity index (χ0v) is 12.9. The number of benzene rings is 1. The molecule has 1 aromatic carbocycles. The van der Waals surface area contributed by atoms with Gasteiger partial charge in [0, 0.05) is 12.4 Å². The number of nitrogens with one attached hydrogen (secondary N) is 1. The molecule has 0 saturated heterocycles. The number of carbonyl (C=O) groups excluding carboxylic acids is 1. The van der Waals surface area contributed by atoms with Crippen molar-refractivity contribution in [2.75, 3.05) is 19.0 Å². The molecule has 0 bridgehead atoms. The van der Waals surface area contributed by atoms with Gasteiger partial charge in [-0.15, -0.1) is 0 Å². The van der Waals surface area contributed by atoms with Gasteiger partial charge in [-0.25, -0.2) is 15.0 Å². The second kappa shape index (κ2) is 7.23. The van der Waals surface area contributed by atoms with E-state index in [4.69, 9.17) is 9.47 Å². The Kier molecular flexibility index (Phi) is 4.66. The van der Waals surface area contributed by atoms with Gasteiger partial charge in [-0.1, -0.05) is 0 Å². The predicted octanol–water partition coefficient (Wildman–Crippen LogP) is 1.69. The molecule has 0 spiro atoms. The molecule has 0 saturated carbocycles. The van der Waals surface area contributed by atoms with Crippen LogP contribution in [0.1, 0.15) is 0 Å².